The number of cyclic esters (lactones) is 1. The van der Waals surface area contributed by atoms with E-state index >= 15 is 0 Å². The number of benzene rings is 1. The molecule has 0 spiro atoms. The molecule has 0 saturated carbocycles. The first kappa shape index (κ1) is 21.1. The number of carbonyl (C=O) groups is 3. The van der Waals surface area contributed by atoms with Crippen LogP contribution >= 0.6 is 11.3 Å². The van der Waals surface area contributed by atoms with Crippen molar-refractivity contribution in [1.82, 2.24) is 5.32 Å². The third kappa shape index (κ3) is 4.63. The Morgan fingerprint density at radius 1 is 1.23 bits per heavy atom. The summed E-state index contributed by atoms with van der Waals surface area (Å²) in [5.74, 6) is -0.600. The van der Waals surface area contributed by atoms with Crippen LogP contribution in [0.4, 0.5) is 25.6 Å². The fourth-order valence-electron chi connectivity index (χ4n) is 3.76. The number of piperazine rings is 1. The predicted octanol–water partition coefficient (Wildman–Crippen LogP) is 2.49. The number of amides is 2. The number of carbonyl (C=O) groups excluding carboxylic acids is 3. The van der Waals surface area contributed by atoms with Gasteiger partial charge in [0.15, 0.2) is 6.29 Å². The molecule has 0 radical (unpaired) electrons. The van der Waals surface area contributed by atoms with E-state index in [9.17, 15) is 18.8 Å². The number of aldehydes is 1. The second-order valence-corrected chi connectivity index (χ2v) is 8.55. The van der Waals surface area contributed by atoms with Gasteiger partial charge >= 0.3 is 6.09 Å². The molecule has 4 rings (SSSR count). The summed E-state index contributed by atoms with van der Waals surface area (Å²) in [5.41, 5.74) is 0.917. The maximum Gasteiger partial charge on any atom is 0.414 e. The van der Waals surface area contributed by atoms with Crippen LogP contribution in [0, 0.1) is 5.82 Å². The Hall–Kier alpha value is -3.14. The molecule has 0 unspecified atom stereocenters. The van der Waals surface area contributed by atoms with E-state index in [4.69, 9.17) is 4.74 Å². The average molecular weight is 447 g/mol. The van der Waals surface area contributed by atoms with Crippen molar-refractivity contribution in [2.45, 2.75) is 13.0 Å². The topological polar surface area (TPSA) is 82.2 Å². The summed E-state index contributed by atoms with van der Waals surface area (Å²) < 4.78 is 20.1. The largest absolute Gasteiger partial charge is 0.442 e. The van der Waals surface area contributed by atoms with E-state index in [0.29, 0.717) is 29.3 Å². The molecule has 2 saturated heterocycles. The maximum absolute atomic E-state index is 14.9. The third-order valence-corrected chi connectivity index (χ3v) is 6.43. The zero-order valence-corrected chi connectivity index (χ0v) is 17.9. The van der Waals surface area contributed by atoms with Gasteiger partial charge in [-0.3, -0.25) is 14.5 Å². The molecule has 0 bridgehead atoms. The van der Waals surface area contributed by atoms with Crippen molar-refractivity contribution in [2.75, 3.05) is 54.0 Å². The number of hydrogen-bond acceptors (Lipinski definition) is 7. The van der Waals surface area contributed by atoms with Gasteiger partial charge in [0, 0.05) is 33.1 Å². The molecule has 1 aromatic heterocycles. The molecule has 2 aromatic rings. The maximum atomic E-state index is 14.9. The van der Waals surface area contributed by atoms with Gasteiger partial charge in [-0.1, -0.05) is 0 Å². The molecule has 2 amide bonds. The summed E-state index contributed by atoms with van der Waals surface area (Å²) in [6.07, 6.45) is -0.175. The number of nitrogens with one attached hydrogen (secondary N) is 1. The van der Waals surface area contributed by atoms with Crippen LogP contribution < -0.4 is 20.0 Å². The average Bonchev–Trinajstić information content (AvgIpc) is 3.39. The molecular formula is C21H23FN4O4S. The molecule has 31 heavy (non-hydrogen) atoms. The lowest BCUT2D eigenvalue weighted by Crippen LogP contribution is -2.46. The van der Waals surface area contributed by atoms with Gasteiger partial charge in [0.25, 0.3) is 0 Å². The van der Waals surface area contributed by atoms with Crippen LogP contribution in [0.5, 0.6) is 0 Å². The van der Waals surface area contributed by atoms with Gasteiger partial charge < -0.3 is 19.9 Å². The normalized spacial score (nSPS) is 18.8. The van der Waals surface area contributed by atoms with Crippen LogP contribution in [-0.2, 0) is 9.53 Å². The Labute approximate surface area is 183 Å². The standard InChI is InChI=1S/C21H23FN4O4S/c1-14(28)23-11-16-12-26(21(29)30-16)15-2-4-19(18(22)10-15)24-6-8-25(9-7-24)20-5-3-17(13-27)31-20/h2-5,10,13,16H,6-9,11-12H2,1H3,(H,23,28)/t16-/m0/s1. The van der Waals surface area contributed by atoms with Crippen molar-refractivity contribution in [2.24, 2.45) is 0 Å². The summed E-state index contributed by atoms with van der Waals surface area (Å²) in [7, 11) is 0. The molecule has 3 heterocycles. The van der Waals surface area contributed by atoms with Crippen LogP contribution in [0.3, 0.4) is 0 Å². The number of anilines is 3. The Morgan fingerprint density at radius 2 is 1.97 bits per heavy atom. The van der Waals surface area contributed by atoms with Crippen LogP contribution in [0.15, 0.2) is 30.3 Å². The van der Waals surface area contributed by atoms with E-state index in [1.165, 1.54) is 29.2 Å². The van der Waals surface area contributed by atoms with Gasteiger partial charge in [0.2, 0.25) is 5.91 Å². The highest BCUT2D eigenvalue weighted by Gasteiger charge is 2.33. The van der Waals surface area contributed by atoms with E-state index in [0.717, 1.165) is 24.4 Å². The van der Waals surface area contributed by atoms with Crippen molar-refractivity contribution in [3.05, 3.63) is 41.0 Å². The molecule has 2 fully saturated rings. The molecule has 1 atom stereocenters. The van der Waals surface area contributed by atoms with Gasteiger partial charge in [-0.15, -0.1) is 11.3 Å². The van der Waals surface area contributed by atoms with Crippen LogP contribution in [-0.4, -0.2) is 63.7 Å². The van der Waals surface area contributed by atoms with Gasteiger partial charge in [0.1, 0.15) is 11.9 Å². The van der Waals surface area contributed by atoms with E-state index in [-0.39, 0.29) is 19.0 Å². The molecule has 1 aromatic carbocycles. The van der Waals surface area contributed by atoms with E-state index in [1.54, 1.807) is 12.1 Å². The summed E-state index contributed by atoms with van der Waals surface area (Å²) >= 11 is 1.45. The molecule has 10 heteroatoms. The Kier molecular flexibility index (Phi) is 6.08. The summed E-state index contributed by atoms with van der Waals surface area (Å²) in [6, 6.07) is 8.49. The molecular weight excluding hydrogens is 423 g/mol. The molecule has 1 N–H and O–H groups in total. The highest BCUT2D eigenvalue weighted by atomic mass is 32.1. The van der Waals surface area contributed by atoms with Gasteiger partial charge in [-0.05, 0) is 30.3 Å². The number of rotatable bonds is 6. The number of thiophene rings is 1. The number of hydrogen-bond donors (Lipinski definition) is 1. The molecule has 2 aliphatic rings. The zero-order valence-electron chi connectivity index (χ0n) is 17.0. The second kappa shape index (κ2) is 8.93. The van der Waals surface area contributed by atoms with Crippen molar-refractivity contribution in [3.8, 4) is 0 Å². The van der Waals surface area contributed by atoms with Crippen molar-refractivity contribution in [1.29, 1.82) is 0 Å². The monoisotopic (exact) mass is 446 g/mol. The van der Waals surface area contributed by atoms with Crippen LogP contribution in [0.2, 0.25) is 0 Å². The summed E-state index contributed by atoms with van der Waals surface area (Å²) in [5, 5.41) is 3.66. The Morgan fingerprint density at radius 3 is 2.61 bits per heavy atom. The molecule has 8 nitrogen and oxygen atoms in total. The number of ether oxygens (including phenoxy) is 1. The lowest BCUT2D eigenvalue weighted by atomic mass is 10.2. The fourth-order valence-corrected chi connectivity index (χ4v) is 4.63. The minimum Gasteiger partial charge on any atom is -0.442 e. The first-order chi connectivity index (χ1) is 14.9. The first-order valence-electron chi connectivity index (χ1n) is 10.0. The van der Waals surface area contributed by atoms with Crippen LogP contribution in [0.25, 0.3) is 0 Å². The highest BCUT2D eigenvalue weighted by Crippen LogP contribution is 2.30. The smallest absolute Gasteiger partial charge is 0.414 e. The molecule has 164 valence electrons. The SMILES string of the molecule is CC(=O)NC[C@H]1CN(c2ccc(N3CCN(c4ccc(C=O)s4)CC3)c(F)c2)C(=O)O1. The minimum atomic E-state index is -0.554. The lowest BCUT2D eigenvalue weighted by molar-refractivity contribution is -0.119. The van der Waals surface area contributed by atoms with Gasteiger partial charge in [-0.2, -0.15) is 0 Å². The summed E-state index contributed by atoms with van der Waals surface area (Å²) in [6.45, 7) is 4.61. The van der Waals surface area contributed by atoms with E-state index in [1.807, 2.05) is 17.0 Å². The first-order valence-corrected chi connectivity index (χ1v) is 10.8. The Bertz CT molecular complexity index is 990. The number of halogens is 1. The molecule has 2 aliphatic heterocycles. The quantitative estimate of drug-likeness (QED) is 0.687. The molecule has 0 aliphatic carbocycles. The Balaban J connectivity index is 1.38. The van der Waals surface area contributed by atoms with Crippen molar-refractivity contribution < 1.29 is 23.5 Å². The van der Waals surface area contributed by atoms with Crippen LogP contribution in [0.1, 0.15) is 16.6 Å². The fraction of sp³-hybridized carbons (Fsp3) is 0.381. The van der Waals surface area contributed by atoms with Gasteiger partial charge in [0.05, 0.1) is 34.3 Å². The van der Waals surface area contributed by atoms with Gasteiger partial charge in [-0.25, -0.2) is 9.18 Å². The predicted molar refractivity (Wildman–Crippen MR) is 117 cm³/mol. The highest BCUT2D eigenvalue weighted by molar-refractivity contribution is 7.17. The van der Waals surface area contributed by atoms with E-state index < -0.39 is 18.0 Å². The summed E-state index contributed by atoms with van der Waals surface area (Å²) in [4.78, 5) is 40.3. The van der Waals surface area contributed by atoms with Crippen molar-refractivity contribution >= 4 is 46.0 Å². The zero-order chi connectivity index (χ0) is 22.0. The lowest BCUT2D eigenvalue weighted by Gasteiger charge is -2.36. The third-order valence-electron chi connectivity index (χ3n) is 5.36. The second-order valence-electron chi connectivity index (χ2n) is 7.46. The minimum absolute atomic E-state index is 0.201. The van der Waals surface area contributed by atoms with Crippen molar-refractivity contribution in [3.63, 3.8) is 0 Å². The number of nitrogens with zero attached hydrogens (tertiary/aromatic N) is 3. The van der Waals surface area contributed by atoms with E-state index in [2.05, 4.69) is 10.2 Å².